The van der Waals surface area contributed by atoms with E-state index in [2.05, 4.69) is 27.7 Å². The number of hydrogen-bond donors (Lipinski definition) is 2. The number of unbranched alkanes of at least 4 members (excludes halogenated alkanes) is 1. The molecule has 1 aliphatic heterocycles. The quantitative estimate of drug-likeness (QED) is 0.344. The number of aliphatic imine (C=N–C) groups is 1. The number of nitrogens with one attached hydrogen (secondary N) is 2. The van der Waals surface area contributed by atoms with E-state index < -0.39 is 12.6 Å². The van der Waals surface area contributed by atoms with Crippen LogP contribution in [0.4, 0.5) is 13.2 Å². The first-order valence-corrected chi connectivity index (χ1v) is 10.4. The Bertz CT molecular complexity index is 631. The van der Waals surface area contributed by atoms with Crippen LogP contribution < -0.4 is 15.4 Å². The van der Waals surface area contributed by atoms with E-state index in [0.29, 0.717) is 32.0 Å². The number of likely N-dealkylation sites (tertiary alicyclic amines) is 1. The first-order chi connectivity index (χ1) is 13.9. The van der Waals surface area contributed by atoms with E-state index in [1.54, 1.807) is 7.11 Å². The second-order valence-electron chi connectivity index (χ2n) is 7.25. The molecule has 2 rings (SSSR count). The molecule has 1 aliphatic rings. The Balaban J connectivity index is 1.99. The average molecular weight is 415 g/mol. The standard InChI is InChI=1S/C21H33F3N4O/c1-3-25-20(26-12-5-4-11-21(22,23)24)27-16-19(28-13-6-7-14-28)17-9-8-10-18(15-17)29-2/h8-10,15,19H,3-7,11-14,16H2,1-2H3,(H2,25,26,27). The van der Waals surface area contributed by atoms with Gasteiger partial charge in [-0.25, -0.2) is 0 Å². The van der Waals surface area contributed by atoms with Gasteiger partial charge >= 0.3 is 6.18 Å². The highest BCUT2D eigenvalue weighted by molar-refractivity contribution is 5.79. The normalized spacial score (nSPS) is 16.7. The predicted molar refractivity (Wildman–Crippen MR) is 110 cm³/mol. The van der Waals surface area contributed by atoms with Crippen LogP contribution in [-0.2, 0) is 0 Å². The molecule has 1 aromatic rings. The Hall–Kier alpha value is -1.96. The van der Waals surface area contributed by atoms with Gasteiger partial charge in [-0.05, 0) is 63.4 Å². The monoisotopic (exact) mass is 414 g/mol. The molecule has 164 valence electrons. The van der Waals surface area contributed by atoms with Crippen molar-refractivity contribution in [3.63, 3.8) is 0 Å². The molecule has 2 N–H and O–H groups in total. The van der Waals surface area contributed by atoms with Crippen molar-refractivity contribution < 1.29 is 17.9 Å². The van der Waals surface area contributed by atoms with Crippen molar-refractivity contribution in [3.8, 4) is 5.75 Å². The van der Waals surface area contributed by atoms with E-state index in [1.807, 2.05) is 19.1 Å². The van der Waals surface area contributed by atoms with Crippen LogP contribution in [0.2, 0.25) is 0 Å². The van der Waals surface area contributed by atoms with Crippen molar-refractivity contribution in [2.45, 2.75) is 51.2 Å². The van der Waals surface area contributed by atoms with Gasteiger partial charge in [-0.15, -0.1) is 0 Å². The van der Waals surface area contributed by atoms with Gasteiger partial charge in [0.1, 0.15) is 5.75 Å². The minimum atomic E-state index is -4.09. The first kappa shape index (κ1) is 23.3. The van der Waals surface area contributed by atoms with Crippen LogP contribution in [0.25, 0.3) is 0 Å². The summed E-state index contributed by atoms with van der Waals surface area (Å²) in [5, 5.41) is 6.34. The number of hydrogen-bond acceptors (Lipinski definition) is 3. The average Bonchev–Trinajstić information content (AvgIpc) is 3.21. The molecule has 1 saturated heterocycles. The molecule has 0 aliphatic carbocycles. The van der Waals surface area contributed by atoms with E-state index in [1.165, 1.54) is 12.8 Å². The van der Waals surface area contributed by atoms with Crippen molar-refractivity contribution in [2.75, 3.05) is 39.8 Å². The molecule has 5 nitrogen and oxygen atoms in total. The lowest BCUT2D eigenvalue weighted by Crippen LogP contribution is -2.39. The van der Waals surface area contributed by atoms with E-state index in [-0.39, 0.29) is 12.5 Å². The fraction of sp³-hybridized carbons (Fsp3) is 0.667. The van der Waals surface area contributed by atoms with E-state index in [0.717, 1.165) is 24.4 Å². The smallest absolute Gasteiger partial charge is 0.389 e. The van der Waals surface area contributed by atoms with Gasteiger partial charge in [-0.3, -0.25) is 9.89 Å². The van der Waals surface area contributed by atoms with Crippen molar-refractivity contribution in [3.05, 3.63) is 29.8 Å². The van der Waals surface area contributed by atoms with Gasteiger partial charge in [0.2, 0.25) is 0 Å². The van der Waals surface area contributed by atoms with Gasteiger partial charge in [-0.2, -0.15) is 13.2 Å². The maximum absolute atomic E-state index is 12.3. The lowest BCUT2D eigenvalue weighted by Gasteiger charge is -2.27. The highest BCUT2D eigenvalue weighted by Gasteiger charge is 2.26. The molecule has 0 spiro atoms. The summed E-state index contributed by atoms with van der Waals surface area (Å²) >= 11 is 0. The Morgan fingerprint density at radius 3 is 2.62 bits per heavy atom. The van der Waals surface area contributed by atoms with Gasteiger partial charge in [0.25, 0.3) is 0 Å². The third-order valence-electron chi connectivity index (χ3n) is 5.01. The minimum absolute atomic E-state index is 0.121. The Morgan fingerprint density at radius 2 is 1.97 bits per heavy atom. The summed E-state index contributed by atoms with van der Waals surface area (Å²) < 4.78 is 42.2. The van der Waals surface area contributed by atoms with Gasteiger partial charge < -0.3 is 15.4 Å². The third kappa shape index (κ3) is 8.51. The molecule has 1 aromatic carbocycles. The van der Waals surface area contributed by atoms with Crippen LogP contribution >= 0.6 is 0 Å². The summed E-state index contributed by atoms with van der Waals surface area (Å²) in [7, 11) is 1.66. The molecule has 8 heteroatoms. The zero-order chi connectivity index (χ0) is 21.1. The van der Waals surface area contributed by atoms with E-state index in [9.17, 15) is 13.2 Å². The minimum Gasteiger partial charge on any atom is -0.497 e. The molecule has 0 amide bonds. The number of methoxy groups -OCH3 is 1. The topological polar surface area (TPSA) is 48.9 Å². The molecular weight excluding hydrogens is 381 g/mol. The van der Waals surface area contributed by atoms with E-state index in [4.69, 9.17) is 9.73 Å². The maximum atomic E-state index is 12.3. The predicted octanol–water partition coefficient (Wildman–Crippen LogP) is 4.12. The molecule has 0 aromatic heterocycles. The van der Waals surface area contributed by atoms with Crippen molar-refractivity contribution in [1.82, 2.24) is 15.5 Å². The lowest BCUT2D eigenvalue weighted by molar-refractivity contribution is -0.135. The van der Waals surface area contributed by atoms with Crippen LogP contribution in [0, 0.1) is 0 Å². The summed E-state index contributed by atoms with van der Waals surface area (Å²) in [5.41, 5.74) is 1.16. The number of rotatable bonds is 10. The van der Waals surface area contributed by atoms with E-state index >= 15 is 0 Å². The number of halogens is 3. The van der Waals surface area contributed by atoms with Crippen LogP contribution in [-0.4, -0.2) is 56.9 Å². The number of nitrogens with zero attached hydrogens (tertiary/aromatic N) is 2. The molecule has 1 atom stereocenters. The van der Waals surface area contributed by atoms with Crippen LogP contribution in [0.5, 0.6) is 5.75 Å². The number of alkyl halides is 3. The summed E-state index contributed by atoms with van der Waals surface area (Å²) in [6, 6.07) is 8.22. The zero-order valence-electron chi connectivity index (χ0n) is 17.4. The molecule has 1 fully saturated rings. The highest BCUT2D eigenvalue weighted by atomic mass is 19.4. The third-order valence-corrected chi connectivity index (χ3v) is 5.01. The fourth-order valence-electron chi connectivity index (χ4n) is 3.51. The Kier molecular flexibility index (Phi) is 9.57. The second-order valence-corrected chi connectivity index (χ2v) is 7.25. The van der Waals surface area contributed by atoms with Crippen molar-refractivity contribution in [2.24, 2.45) is 4.99 Å². The summed E-state index contributed by atoms with van der Waals surface area (Å²) in [6.07, 6.45) is -1.89. The SMILES string of the molecule is CCNC(=NCC(c1cccc(OC)c1)N1CCCC1)NCCCCC(F)(F)F. The largest absolute Gasteiger partial charge is 0.497 e. The van der Waals surface area contributed by atoms with Gasteiger partial charge in [-0.1, -0.05) is 12.1 Å². The van der Waals surface area contributed by atoms with Crippen molar-refractivity contribution in [1.29, 1.82) is 0 Å². The van der Waals surface area contributed by atoms with Crippen LogP contribution in [0.3, 0.4) is 0 Å². The maximum Gasteiger partial charge on any atom is 0.389 e. The summed E-state index contributed by atoms with van der Waals surface area (Å²) in [6.45, 7) is 5.79. The van der Waals surface area contributed by atoms with Crippen LogP contribution in [0.15, 0.2) is 29.3 Å². The molecule has 1 heterocycles. The Labute approximate surface area is 171 Å². The number of benzene rings is 1. The molecular formula is C21H33F3N4O. The summed E-state index contributed by atoms with van der Waals surface area (Å²) in [5.74, 6) is 1.47. The van der Waals surface area contributed by atoms with Gasteiger partial charge in [0.05, 0.1) is 19.7 Å². The fourth-order valence-corrected chi connectivity index (χ4v) is 3.51. The van der Waals surface area contributed by atoms with Crippen molar-refractivity contribution >= 4 is 5.96 Å². The molecule has 29 heavy (non-hydrogen) atoms. The second kappa shape index (κ2) is 11.9. The first-order valence-electron chi connectivity index (χ1n) is 10.4. The van der Waals surface area contributed by atoms with Crippen LogP contribution in [0.1, 0.15) is 50.6 Å². The molecule has 1 unspecified atom stereocenters. The summed E-state index contributed by atoms with van der Waals surface area (Å²) in [4.78, 5) is 7.16. The molecule has 0 bridgehead atoms. The number of ether oxygens (including phenoxy) is 1. The molecule has 0 saturated carbocycles. The van der Waals surface area contributed by atoms with Gasteiger partial charge in [0.15, 0.2) is 5.96 Å². The van der Waals surface area contributed by atoms with Gasteiger partial charge in [0, 0.05) is 19.5 Å². The highest BCUT2D eigenvalue weighted by Crippen LogP contribution is 2.28. The number of guanidine groups is 1. The molecule has 0 radical (unpaired) electrons. The lowest BCUT2D eigenvalue weighted by atomic mass is 10.1. The zero-order valence-corrected chi connectivity index (χ0v) is 17.4. The Morgan fingerprint density at radius 1 is 1.21 bits per heavy atom.